The third-order valence-electron chi connectivity index (χ3n) is 2.08. The summed E-state index contributed by atoms with van der Waals surface area (Å²) in [5, 5.41) is 9.47. The molecule has 0 unspecified atom stereocenters. The lowest BCUT2D eigenvalue weighted by atomic mass is 10.1. The van der Waals surface area contributed by atoms with Gasteiger partial charge in [0.15, 0.2) is 9.84 Å². The van der Waals surface area contributed by atoms with Crippen LogP contribution >= 0.6 is 0 Å². The molecule has 0 radical (unpaired) electrons. The molecule has 0 saturated carbocycles. The van der Waals surface area contributed by atoms with Gasteiger partial charge in [-0.2, -0.15) is 0 Å². The van der Waals surface area contributed by atoms with Crippen LogP contribution in [0.5, 0.6) is 5.75 Å². The zero-order valence-corrected chi connectivity index (χ0v) is 10.2. The van der Waals surface area contributed by atoms with Crippen LogP contribution in [0.15, 0.2) is 24.3 Å². The van der Waals surface area contributed by atoms with Gasteiger partial charge in [-0.15, -0.1) is 0 Å². The number of benzene rings is 1. The van der Waals surface area contributed by atoms with Crippen LogP contribution < -0.4 is 4.74 Å². The maximum absolute atomic E-state index is 10.9. The largest absolute Gasteiger partial charge is 0.492 e. The zero-order valence-electron chi connectivity index (χ0n) is 9.38. The lowest BCUT2D eigenvalue weighted by molar-refractivity contribution is 0.192. The summed E-state index contributed by atoms with van der Waals surface area (Å²) in [6, 6.07) is 7.04. The summed E-state index contributed by atoms with van der Waals surface area (Å²) in [5.41, 5.74) is 0.663. The van der Waals surface area contributed by atoms with Gasteiger partial charge in [0.1, 0.15) is 12.4 Å². The molecule has 4 nitrogen and oxygen atoms in total. The van der Waals surface area contributed by atoms with Crippen LogP contribution in [0.2, 0.25) is 0 Å². The minimum absolute atomic E-state index is 0.0266. The molecule has 0 saturated heterocycles. The number of aliphatic hydroxyl groups is 1. The molecule has 16 heavy (non-hydrogen) atoms. The average Bonchev–Trinajstić information content (AvgIpc) is 2.16. The molecule has 0 heterocycles. The molecule has 0 aliphatic carbocycles. The van der Waals surface area contributed by atoms with E-state index in [2.05, 4.69) is 0 Å². The summed E-state index contributed by atoms with van der Waals surface area (Å²) >= 11 is 0. The molecule has 0 fully saturated rings. The average molecular weight is 244 g/mol. The Balaban J connectivity index is 2.67. The van der Waals surface area contributed by atoms with Gasteiger partial charge < -0.3 is 9.84 Å². The molecular weight excluding hydrogens is 228 g/mol. The highest BCUT2D eigenvalue weighted by Gasteiger charge is 2.09. The van der Waals surface area contributed by atoms with Crippen LogP contribution in [-0.2, 0) is 9.84 Å². The van der Waals surface area contributed by atoms with Crippen molar-refractivity contribution in [1.29, 1.82) is 0 Å². The van der Waals surface area contributed by atoms with Crippen LogP contribution in [0.4, 0.5) is 0 Å². The van der Waals surface area contributed by atoms with E-state index in [0.717, 1.165) is 6.26 Å². The highest BCUT2D eigenvalue weighted by Crippen LogP contribution is 2.24. The minimum Gasteiger partial charge on any atom is -0.492 e. The molecule has 0 bridgehead atoms. The third-order valence-corrected chi connectivity index (χ3v) is 2.99. The number of hydrogen-bond acceptors (Lipinski definition) is 4. The van der Waals surface area contributed by atoms with E-state index in [1.54, 1.807) is 31.2 Å². The number of aliphatic hydroxyl groups excluding tert-OH is 1. The van der Waals surface area contributed by atoms with Gasteiger partial charge in [0.05, 0.1) is 11.9 Å². The number of ether oxygens (including phenoxy) is 1. The number of hydrogen-bond donors (Lipinski definition) is 1. The summed E-state index contributed by atoms with van der Waals surface area (Å²) in [4.78, 5) is 0. The molecule has 90 valence electrons. The summed E-state index contributed by atoms with van der Waals surface area (Å²) in [6.45, 7) is 1.74. The Hall–Kier alpha value is -1.07. The molecule has 1 atom stereocenters. The predicted molar refractivity (Wildman–Crippen MR) is 62.3 cm³/mol. The molecule has 0 spiro atoms. The smallest absolute Gasteiger partial charge is 0.150 e. The van der Waals surface area contributed by atoms with Crippen LogP contribution in [0.3, 0.4) is 0 Å². The first kappa shape index (κ1) is 13.0. The zero-order chi connectivity index (χ0) is 12.2. The van der Waals surface area contributed by atoms with Crippen molar-refractivity contribution in [2.24, 2.45) is 0 Å². The van der Waals surface area contributed by atoms with Gasteiger partial charge in [-0.3, -0.25) is 0 Å². The van der Waals surface area contributed by atoms with E-state index in [1.807, 2.05) is 0 Å². The van der Waals surface area contributed by atoms with Crippen molar-refractivity contribution in [1.82, 2.24) is 0 Å². The molecule has 1 rings (SSSR count). The fraction of sp³-hybridized carbons (Fsp3) is 0.455. The van der Waals surface area contributed by atoms with Crippen LogP contribution in [0.1, 0.15) is 18.6 Å². The maximum atomic E-state index is 10.9. The summed E-state index contributed by atoms with van der Waals surface area (Å²) in [7, 11) is -3.01. The molecule has 5 heteroatoms. The van der Waals surface area contributed by atoms with Crippen LogP contribution in [-0.4, -0.2) is 32.1 Å². The number of rotatable bonds is 5. The highest BCUT2D eigenvalue weighted by molar-refractivity contribution is 7.90. The second-order valence-electron chi connectivity index (χ2n) is 3.69. The molecule has 0 amide bonds. The number of para-hydroxylation sites is 1. The number of sulfone groups is 1. The van der Waals surface area contributed by atoms with Crippen molar-refractivity contribution in [3.05, 3.63) is 29.8 Å². The quantitative estimate of drug-likeness (QED) is 0.844. The van der Waals surface area contributed by atoms with Crippen molar-refractivity contribution in [3.8, 4) is 5.75 Å². The fourth-order valence-electron chi connectivity index (χ4n) is 1.26. The summed E-state index contributed by atoms with van der Waals surface area (Å²) in [5.74, 6) is 0.502. The topological polar surface area (TPSA) is 63.6 Å². The fourth-order valence-corrected chi connectivity index (χ4v) is 1.65. The first-order valence-electron chi connectivity index (χ1n) is 4.97. The summed E-state index contributed by atoms with van der Waals surface area (Å²) in [6.07, 6.45) is 0.533. The Morgan fingerprint density at radius 3 is 2.56 bits per heavy atom. The van der Waals surface area contributed by atoms with Gasteiger partial charge in [0, 0.05) is 11.8 Å². The highest BCUT2D eigenvalue weighted by atomic mass is 32.2. The Bertz CT molecular complexity index is 437. The van der Waals surface area contributed by atoms with Crippen molar-refractivity contribution < 1.29 is 18.3 Å². The normalized spacial score (nSPS) is 13.4. The molecule has 1 aromatic carbocycles. The standard InChI is InChI=1S/C11H16O4S/c1-9(12)10-5-3-4-6-11(10)15-7-8-16(2,13)14/h3-6,9,12H,7-8H2,1-2H3/t9-/m0/s1. The lowest BCUT2D eigenvalue weighted by Gasteiger charge is -2.12. The predicted octanol–water partition coefficient (Wildman–Crippen LogP) is 1.16. The van der Waals surface area contributed by atoms with Crippen molar-refractivity contribution in [3.63, 3.8) is 0 Å². The van der Waals surface area contributed by atoms with E-state index < -0.39 is 15.9 Å². The van der Waals surface area contributed by atoms with Crippen molar-refractivity contribution in [2.45, 2.75) is 13.0 Å². The van der Waals surface area contributed by atoms with Gasteiger partial charge in [-0.05, 0) is 13.0 Å². The van der Waals surface area contributed by atoms with Gasteiger partial charge in [0.25, 0.3) is 0 Å². The first-order chi connectivity index (χ1) is 7.40. The van der Waals surface area contributed by atoms with Gasteiger partial charge in [-0.25, -0.2) is 8.42 Å². The molecule has 1 aromatic rings. The second kappa shape index (κ2) is 5.32. The van der Waals surface area contributed by atoms with E-state index in [1.165, 1.54) is 0 Å². The van der Waals surface area contributed by atoms with E-state index in [-0.39, 0.29) is 12.4 Å². The van der Waals surface area contributed by atoms with E-state index >= 15 is 0 Å². The van der Waals surface area contributed by atoms with Crippen LogP contribution in [0.25, 0.3) is 0 Å². The van der Waals surface area contributed by atoms with E-state index in [0.29, 0.717) is 11.3 Å². The minimum atomic E-state index is -3.01. The van der Waals surface area contributed by atoms with E-state index in [9.17, 15) is 13.5 Å². The van der Waals surface area contributed by atoms with Gasteiger partial charge >= 0.3 is 0 Å². The Morgan fingerprint density at radius 1 is 1.38 bits per heavy atom. The van der Waals surface area contributed by atoms with Gasteiger partial charge in [0.2, 0.25) is 0 Å². The molecule has 0 aromatic heterocycles. The third kappa shape index (κ3) is 4.20. The summed E-state index contributed by atoms with van der Waals surface area (Å²) < 4.78 is 27.2. The Labute approximate surface area is 95.8 Å². The molecule has 1 N–H and O–H groups in total. The van der Waals surface area contributed by atoms with Crippen molar-refractivity contribution >= 4 is 9.84 Å². The molecule has 0 aliphatic rings. The Kier molecular flexibility index (Phi) is 4.32. The SMILES string of the molecule is C[C@H](O)c1ccccc1OCCS(C)(=O)=O. The second-order valence-corrected chi connectivity index (χ2v) is 5.95. The monoisotopic (exact) mass is 244 g/mol. The Morgan fingerprint density at radius 2 is 2.00 bits per heavy atom. The first-order valence-corrected chi connectivity index (χ1v) is 7.04. The maximum Gasteiger partial charge on any atom is 0.150 e. The lowest BCUT2D eigenvalue weighted by Crippen LogP contribution is -2.13. The van der Waals surface area contributed by atoms with Crippen LogP contribution in [0, 0.1) is 0 Å². The van der Waals surface area contributed by atoms with E-state index in [4.69, 9.17) is 4.74 Å². The molecular formula is C11H16O4S. The molecule has 0 aliphatic heterocycles. The van der Waals surface area contributed by atoms with Crippen molar-refractivity contribution in [2.75, 3.05) is 18.6 Å². The van der Waals surface area contributed by atoms with Gasteiger partial charge in [-0.1, -0.05) is 18.2 Å².